The number of amides is 3. The molecule has 1 aliphatic heterocycles. The summed E-state index contributed by atoms with van der Waals surface area (Å²) < 4.78 is 57.1. The summed E-state index contributed by atoms with van der Waals surface area (Å²) in [5.74, 6) is -4.59. The molecule has 2 aliphatic rings. The van der Waals surface area contributed by atoms with Gasteiger partial charge in [-0.15, -0.1) is 0 Å². The second-order valence-electron chi connectivity index (χ2n) is 12.7. The molecule has 5 atom stereocenters. The van der Waals surface area contributed by atoms with Gasteiger partial charge in [0.15, 0.2) is 5.67 Å². The number of ether oxygens (including phenoxy) is 2. The highest BCUT2D eigenvalue weighted by Crippen LogP contribution is 2.52. The molecule has 1 heterocycles. The summed E-state index contributed by atoms with van der Waals surface area (Å²) in [4.78, 5) is 38.8. The van der Waals surface area contributed by atoms with Gasteiger partial charge in [-0.05, 0) is 75.4 Å². The number of carbonyl (C=O) groups excluding carboxylic acids is 3. The molecule has 5 unspecified atom stereocenters. The van der Waals surface area contributed by atoms with Gasteiger partial charge in [-0.1, -0.05) is 53.5 Å². The molecule has 3 amide bonds. The van der Waals surface area contributed by atoms with Crippen LogP contribution in [0.3, 0.4) is 0 Å². The molecule has 0 saturated heterocycles. The number of aliphatic hydroxyl groups excluding tert-OH is 1. The van der Waals surface area contributed by atoms with E-state index in [0.29, 0.717) is 12.8 Å². The minimum Gasteiger partial charge on any atom is -0.480 e. The van der Waals surface area contributed by atoms with Crippen molar-refractivity contribution in [1.82, 2.24) is 10.2 Å². The summed E-state index contributed by atoms with van der Waals surface area (Å²) in [5, 5.41) is 12.4. The molecule has 2 aromatic carbocycles. The highest BCUT2D eigenvalue weighted by atomic mass is 19.2. The van der Waals surface area contributed by atoms with Crippen molar-refractivity contribution in [3.63, 3.8) is 0 Å². The maximum atomic E-state index is 16.1. The topological polar surface area (TPSA) is 105 Å². The van der Waals surface area contributed by atoms with E-state index in [1.165, 1.54) is 55.0 Å². The lowest BCUT2D eigenvalue weighted by Gasteiger charge is -2.52. The number of imide groups is 1. The van der Waals surface area contributed by atoms with Crippen LogP contribution in [-0.2, 0) is 0 Å². The van der Waals surface area contributed by atoms with E-state index in [4.69, 9.17) is 9.47 Å². The molecule has 4 rings (SSSR count). The Labute approximate surface area is 269 Å². The number of hydrogen-bond acceptors (Lipinski definition) is 6. The number of benzene rings is 2. The first-order valence-corrected chi connectivity index (χ1v) is 15.9. The van der Waals surface area contributed by atoms with Crippen LogP contribution in [0.25, 0.3) is 0 Å². The van der Waals surface area contributed by atoms with Crippen LogP contribution >= 0.6 is 0 Å². The van der Waals surface area contributed by atoms with E-state index >= 15 is 8.78 Å². The van der Waals surface area contributed by atoms with Gasteiger partial charge in [0, 0.05) is 18.2 Å². The Bertz CT molecular complexity index is 1440. The summed E-state index contributed by atoms with van der Waals surface area (Å²) in [6.45, 7) is 14.8. The van der Waals surface area contributed by atoms with E-state index in [0.717, 1.165) is 18.9 Å². The minimum absolute atomic E-state index is 0.0243. The summed E-state index contributed by atoms with van der Waals surface area (Å²) >= 11 is 0. The highest BCUT2D eigenvalue weighted by Gasteiger charge is 2.77. The van der Waals surface area contributed by atoms with Gasteiger partial charge in [-0.3, -0.25) is 19.7 Å². The Kier molecular flexibility index (Phi) is 11.2. The third kappa shape index (κ3) is 6.89. The number of aliphatic hydroxyl groups is 1. The second kappa shape index (κ2) is 14.0. The molecule has 0 aromatic heterocycles. The van der Waals surface area contributed by atoms with Crippen molar-refractivity contribution < 1.29 is 42.1 Å². The quantitative estimate of drug-likeness (QED) is 0.248. The zero-order valence-corrected chi connectivity index (χ0v) is 28.2. The highest BCUT2D eigenvalue weighted by molar-refractivity contribution is 6.21. The second-order valence-corrected chi connectivity index (χ2v) is 12.7. The first kappa shape index (κ1) is 36.9. The van der Waals surface area contributed by atoms with E-state index in [-0.39, 0.29) is 33.8 Å². The first-order valence-electron chi connectivity index (χ1n) is 15.9. The number of fused-ring (bicyclic) bond motifs is 1. The predicted octanol–water partition coefficient (Wildman–Crippen LogP) is 7.29. The van der Waals surface area contributed by atoms with Gasteiger partial charge in [-0.2, -0.15) is 4.39 Å². The molecule has 2 aromatic rings. The third-order valence-corrected chi connectivity index (χ3v) is 9.68. The van der Waals surface area contributed by atoms with E-state index in [2.05, 4.69) is 26.1 Å². The molecule has 1 fully saturated rings. The maximum absolute atomic E-state index is 16.1. The summed E-state index contributed by atoms with van der Waals surface area (Å²) in [5.41, 5.74) is -3.01. The molecule has 0 radical (unpaired) electrons. The van der Waals surface area contributed by atoms with Gasteiger partial charge >= 0.3 is 5.85 Å². The smallest absolute Gasteiger partial charge is 0.322 e. The van der Waals surface area contributed by atoms with E-state index in [1.54, 1.807) is 7.05 Å². The Morgan fingerprint density at radius 2 is 1.57 bits per heavy atom. The monoisotopic (exact) mass is 648 g/mol. The van der Waals surface area contributed by atoms with Crippen molar-refractivity contribution in [3.8, 4) is 11.5 Å². The van der Waals surface area contributed by atoms with Crippen molar-refractivity contribution in [2.45, 2.75) is 117 Å². The predicted molar refractivity (Wildman–Crippen MR) is 169 cm³/mol. The Hall–Kier alpha value is -3.60. The fourth-order valence-corrected chi connectivity index (χ4v) is 5.36. The summed E-state index contributed by atoms with van der Waals surface area (Å²) in [6, 6.07) is 7.45. The summed E-state index contributed by atoms with van der Waals surface area (Å²) in [7, 11) is 1.62. The van der Waals surface area contributed by atoms with Crippen molar-refractivity contribution in [2.75, 3.05) is 7.05 Å². The van der Waals surface area contributed by atoms with Crippen LogP contribution in [0.2, 0.25) is 0 Å². The Balaban J connectivity index is 0.000000875. The number of nitrogens with one attached hydrogen (secondary N) is 1. The molecule has 1 saturated carbocycles. The van der Waals surface area contributed by atoms with Crippen LogP contribution in [0.4, 0.5) is 13.2 Å². The van der Waals surface area contributed by atoms with Crippen molar-refractivity contribution >= 4 is 17.7 Å². The lowest BCUT2D eigenvalue weighted by molar-refractivity contribution is -0.319. The lowest BCUT2D eigenvalue weighted by Crippen LogP contribution is -2.78. The van der Waals surface area contributed by atoms with Crippen LogP contribution in [-0.4, -0.2) is 64.1 Å². The largest absolute Gasteiger partial charge is 0.480 e. The van der Waals surface area contributed by atoms with E-state index < -0.39 is 53.2 Å². The molecule has 1 aliphatic carbocycles. The number of carbonyl (C=O) groups is 3. The van der Waals surface area contributed by atoms with Crippen molar-refractivity contribution in [1.29, 1.82) is 0 Å². The molecular weight excluding hydrogens is 601 g/mol. The van der Waals surface area contributed by atoms with Gasteiger partial charge in [0.2, 0.25) is 12.3 Å². The fraction of sp³-hybridized carbons (Fsp3) is 0.571. The Morgan fingerprint density at radius 1 is 1.00 bits per heavy atom. The molecular formula is C35H47F3N2O6. The third-order valence-electron chi connectivity index (χ3n) is 9.68. The number of rotatable bonds is 11. The molecule has 46 heavy (non-hydrogen) atoms. The zero-order valence-electron chi connectivity index (χ0n) is 28.2. The summed E-state index contributed by atoms with van der Waals surface area (Å²) in [6.07, 6.45) is -1.96. The van der Waals surface area contributed by atoms with Gasteiger partial charge < -0.3 is 19.5 Å². The molecule has 8 nitrogen and oxygen atoms in total. The minimum atomic E-state index is -3.31. The van der Waals surface area contributed by atoms with Crippen LogP contribution < -0.4 is 14.8 Å². The number of alkyl halides is 3. The maximum Gasteiger partial charge on any atom is 0.322 e. The van der Waals surface area contributed by atoms with E-state index in [1.807, 2.05) is 20.8 Å². The Morgan fingerprint density at radius 3 is 2.09 bits per heavy atom. The van der Waals surface area contributed by atoms with Gasteiger partial charge in [-0.25, -0.2) is 8.78 Å². The lowest BCUT2D eigenvalue weighted by atomic mass is 9.72. The average molecular weight is 649 g/mol. The average Bonchev–Trinajstić information content (AvgIpc) is 3.33. The number of hydrogen-bond donors (Lipinski definition) is 2. The van der Waals surface area contributed by atoms with Crippen molar-refractivity contribution in [3.05, 3.63) is 58.7 Å². The number of nitrogens with zero attached hydrogens (tertiary/aromatic N) is 1. The van der Waals surface area contributed by atoms with Gasteiger partial charge in [0.05, 0.1) is 17.2 Å². The first-order chi connectivity index (χ1) is 21.4. The SMILES string of the molecule is CCC(C)(CC)N(C)C(=O)c1cc(OC2(F)C(F)C(C)(F)C2Oc2ccc3c(c2)C(=O)NC3=O)ccc1C(C)O.CCC(C)CC. The van der Waals surface area contributed by atoms with Crippen LogP contribution in [0.15, 0.2) is 36.4 Å². The van der Waals surface area contributed by atoms with Crippen molar-refractivity contribution in [2.24, 2.45) is 5.92 Å². The molecule has 11 heteroatoms. The molecule has 0 bridgehead atoms. The molecule has 254 valence electrons. The fourth-order valence-electron chi connectivity index (χ4n) is 5.36. The van der Waals surface area contributed by atoms with Crippen LogP contribution in [0, 0.1) is 5.92 Å². The van der Waals surface area contributed by atoms with Gasteiger partial charge in [0.25, 0.3) is 17.7 Å². The number of halogens is 3. The molecule has 0 spiro atoms. The van der Waals surface area contributed by atoms with Crippen LogP contribution in [0.1, 0.15) is 124 Å². The standard InChI is InChI=1S/C29H33F3N2O6.C6H14/c1-7-27(4,8-2)34(6)24(38)21-14-17(10-11-18(21)15(3)35)40-29(32)25(30)28(5,31)26(29)39-16-9-12-19-20(13-16)23(37)33-22(19)36;1-4-6(3)5-2/h9-15,25-26,35H,7-8H2,1-6H3,(H,33,36,37);6H,4-5H2,1-3H3. The van der Waals surface area contributed by atoms with Gasteiger partial charge in [0.1, 0.15) is 11.5 Å². The normalized spacial score (nSPS) is 24.3. The van der Waals surface area contributed by atoms with E-state index in [9.17, 15) is 23.9 Å². The molecule has 2 N–H and O–H groups in total. The zero-order chi connectivity index (χ0) is 34.8. The van der Waals surface area contributed by atoms with Crippen LogP contribution in [0.5, 0.6) is 11.5 Å².